The van der Waals surface area contributed by atoms with Crippen LogP contribution in [0.1, 0.15) is 10.6 Å². The van der Waals surface area contributed by atoms with Gasteiger partial charge >= 0.3 is 5.63 Å². The first-order valence-electron chi connectivity index (χ1n) is 8.53. The minimum Gasteiger partial charge on any atom is -0.496 e. The zero-order valence-electron chi connectivity index (χ0n) is 15.2. The van der Waals surface area contributed by atoms with Crippen molar-refractivity contribution in [3.05, 3.63) is 79.4 Å². The second-order valence-corrected chi connectivity index (χ2v) is 7.85. The Labute approximate surface area is 178 Å². The number of nitriles is 1. The van der Waals surface area contributed by atoms with Crippen molar-refractivity contribution in [3.8, 4) is 23.1 Å². The molecule has 142 valence electrons. The Kier molecular flexibility index (Phi) is 5.30. The molecule has 0 aliphatic carbocycles. The van der Waals surface area contributed by atoms with Gasteiger partial charge in [-0.3, -0.25) is 0 Å². The summed E-state index contributed by atoms with van der Waals surface area (Å²) in [6.45, 7) is 0. The van der Waals surface area contributed by atoms with Crippen LogP contribution in [0.2, 0.25) is 0 Å². The van der Waals surface area contributed by atoms with Crippen LogP contribution in [0.15, 0.2) is 67.6 Å². The van der Waals surface area contributed by atoms with E-state index in [1.807, 2.05) is 36.4 Å². The molecule has 0 radical (unpaired) electrons. The van der Waals surface area contributed by atoms with Gasteiger partial charge in [0.25, 0.3) is 0 Å². The fourth-order valence-corrected chi connectivity index (χ4v) is 4.04. The molecule has 0 saturated carbocycles. The second-order valence-electron chi connectivity index (χ2n) is 6.08. The van der Waals surface area contributed by atoms with Crippen LogP contribution in [0.3, 0.4) is 0 Å². The molecule has 0 atom stereocenters. The molecule has 2 aromatic carbocycles. The lowest BCUT2D eigenvalue weighted by Crippen LogP contribution is -2.02. The van der Waals surface area contributed by atoms with Crippen molar-refractivity contribution in [3.63, 3.8) is 0 Å². The lowest BCUT2D eigenvalue weighted by Gasteiger charge is -2.04. The Hall–Kier alpha value is -3.21. The minimum absolute atomic E-state index is 0.354. The Bertz CT molecular complexity index is 1350. The third-order valence-corrected chi connectivity index (χ3v) is 5.63. The zero-order valence-corrected chi connectivity index (χ0v) is 17.6. The first-order chi connectivity index (χ1) is 14.1. The van der Waals surface area contributed by atoms with E-state index in [9.17, 15) is 10.1 Å². The van der Waals surface area contributed by atoms with Crippen molar-refractivity contribution in [1.82, 2.24) is 4.98 Å². The maximum Gasteiger partial charge on any atom is 0.345 e. The van der Waals surface area contributed by atoms with E-state index in [1.54, 1.807) is 30.7 Å². The number of rotatable bonds is 4. The Morgan fingerprint density at radius 3 is 2.90 bits per heavy atom. The van der Waals surface area contributed by atoms with Crippen LogP contribution in [-0.2, 0) is 0 Å². The number of aromatic nitrogens is 1. The second kappa shape index (κ2) is 8.03. The van der Waals surface area contributed by atoms with Crippen LogP contribution in [0.25, 0.3) is 33.9 Å². The first kappa shape index (κ1) is 19.1. The van der Waals surface area contributed by atoms with Crippen LogP contribution in [0, 0.1) is 11.3 Å². The number of halogens is 1. The fourth-order valence-electron chi connectivity index (χ4n) is 2.88. The van der Waals surface area contributed by atoms with Gasteiger partial charge < -0.3 is 9.15 Å². The van der Waals surface area contributed by atoms with E-state index in [0.29, 0.717) is 33.2 Å². The van der Waals surface area contributed by atoms with E-state index >= 15 is 0 Å². The topological polar surface area (TPSA) is 76.1 Å². The first-order valence-corrected chi connectivity index (χ1v) is 10.2. The number of methoxy groups -OCH3 is 1. The molecule has 7 heteroatoms. The van der Waals surface area contributed by atoms with Gasteiger partial charge in [0.2, 0.25) is 0 Å². The highest BCUT2D eigenvalue weighted by Gasteiger charge is 2.14. The molecule has 2 aromatic heterocycles. The molecule has 0 N–H and O–H groups in total. The van der Waals surface area contributed by atoms with Crippen LogP contribution < -0.4 is 10.4 Å². The molecule has 4 rings (SSSR count). The Balaban J connectivity index is 1.77. The SMILES string of the molecule is COc1ccccc1C=C(C#N)c1nc(-c2cc3cc(Br)ccc3oc2=O)cs1. The number of fused-ring (bicyclic) bond motifs is 1. The lowest BCUT2D eigenvalue weighted by atomic mass is 10.1. The fraction of sp³-hybridized carbons (Fsp3) is 0.0455. The predicted molar refractivity (Wildman–Crippen MR) is 118 cm³/mol. The van der Waals surface area contributed by atoms with Crippen molar-refractivity contribution in [2.24, 2.45) is 0 Å². The summed E-state index contributed by atoms with van der Waals surface area (Å²) >= 11 is 4.71. The van der Waals surface area contributed by atoms with Gasteiger partial charge in [-0.15, -0.1) is 11.3 Å². The number of allylic oxidation sites excluding steroid dienone is 1. The summed E-state index contributed by atoms with van der Waals surface area (Å²) in [5.41, 5.74) is 2.03. The van der Waals surface area contributed by atoms with Crippen molar-refractivity contribution in [2.75, 3.05) is 7.11 Å². The lowest BCUT2D eigenvalue weighted by molar-refractivity contribution is 0.414. The van der Waals surface area contributed by atoms with E-state index in [4.69, 9.17) is 9.15 Å². The van der Waals surface area contributed by atoms with Crippen molar-refractivity contribution in [2.45, 2.75) is 0 Å². The molecular formula is C22H13BrN2O3S. The zero-order chi connectivity index (χ0) is 20.4. The molecule has 5 nitrogen and oxygen atoms in total. The molecule has 0 unspecified atom stereocenters. The largest absolute Gasteiger partial charge is 0.496 e. The summed E-state index contributed by atoms with van der Waals surface area (Å²) in [7, 11) is 1.58. The molecule has 0 bridgehead atoms. The Morgan fingerprint density at radius 2 is 2.10 bits per heavy atom. The average Bonchev–Trinajstić information content (AvgIpc) is 3.21. The van der Waals surface area contributed by atoms with E-state index in [2.05, 4.69) is 27.0 Å². The van der Waals surface area contributed by atoms with Gasteiger partial charge in [0.15, 0.2) is 0 Å². The van der Waals surface area contributed by atoms with Gasteiger partial charge in [0, 0.05) is 20.8 Å². The quantitative estimate of drug-likeness (QED) is 0.283. The molecule has 2 heterocycles. The van der Waals surface area contributed by atoms with Crippen LogP contribution >= 0.6 is 27.3 Å². The summed E-state index contributed by atoms with van der Waals surface area (Å²) in [6, 6.07) is 16.8. The Morgan fingerprint density at radius 1 is 1.28 bits per heavy atom. The number of thiazole rings is 1. The summed E-state index contributed by atoms with van der Waals surface area (Å²) in [6.07, 6.45) is 1.72. The molecule has 29 heavy (non-hydrogen) atoms. The molecule has 0 amide bonds. The normalized spacial score (nSPS) is 11.4. The number of ether oxygens (including phenoxy) is 1. The summed E-state index contributed by atoms with van der Waals surface area (Å²) in [5.74, 6) is 0.665. The molecule has 0 spiro atoms. The van der Waals surface area contributed by atoms with Crippen molar-refractivity contribution >= 4 is 49.9 Å². The van der Waals surface area contributed by atoms with Gasteiger partial charge in [0.1, 0.15) is 22.4 Å². The highest BCUT2D eigenvalue weighted by Crippen LogP contribution is 2.29. The maximum atomic E-state index is 12.4. The number of nitrogens with zero attached hydrogens (tertiary/aromatic N) is 2. The highest BCUT2D eigenvalue weighted by molar-refractivity contribution is 9.10. The monoisotopic (exact) mass is 464 g/mol. The minimum atomic E-state index is -0.469. The van der Waals surface area contributed by atoms with Crippen LogP contribution in [0.5, 0.6) is 5.75 Å². The molecule has 4 aromatic rings. The van der Waals surface area contributed by atoms with Gasteiger partial charge in [0.05, 0.1) is 23.9 Å². The summed E-state index contributed by atoms with van der Waals surface area (Å²) < 4.78 is 11.6. The van der Waals surface area contributed by atoms with E-state index in [-0.39, 0.29) is 0 Å². The molecule has 0 saturated heterocycles. The van der Waals surface area contributed by atoms with Crippen molar-refractivity contribution in [1.29, 1.82) is 5.26 Å². The molecule has 0 aliphatic heterocycles. The average molecular weight is 465 g/mol. The van der Waals surface area contributed by atoms with Gasteiger partial charge in [-0.05, 0) is 36.4 Å². The third kappa shape index (κ3) is 3.86. The standard InChI is InChI=1S/C22H13BrN2O3S/c1-27-19-5-3-2-4-13(19)8-15(11-24)21-25-18(12-29-21)17-10-14-9-16(23)6-7-20(14)28-22(17)26/h2-10,12H,1H3. The summed E-state index contributed by atoms with van der Waals surface area (Å²) in [5, 5.41) is 12.7. The predicted octanol–water partition coefficient (Wildman–Crippen LogP) is 5.75. The number of hydrogen-bond acceptors (Lipinski definition) is 6. The number of para-hydroxylation sites is 1. The van der Waals surface area contributed by atoms with Crippen LogP contribution in [0.4, 0.5) is 0 Å². The smallest absolute Gasteiger partial charge is 0.345 e. The van der Waals surface area contributed by atoms with Crippen LogP contribution in [-0.4, -0.2) is 12.1 Å². The van der Waals surface area contributed by atoms with Gasteiger partial charge in [-0.25, -0.2) is 9.78 Å². The van der Waals surface area contributed by atoms with Gasteiger partial charge in [-0.2, -0.15) is 5.26 Å². The van der Waals surface area contributed by atoms with E-state index in [1.165, 1.54) is 11.3 Å². The summed E-state index contributed by atoms with van der Waals surface area (Å²) in [4.78, 5) is 16.9. The third-order valence-electron chi connectivity index (χ3n) is 4.26. The van der Waals surface area contributed by atoms with E-state index in [0.717, 1.165) is 15.4 Å². The van der Waals surface area contributed by atoms with E-state index < -0.39 is 5.63 Å². The number of benzene rings is 2. The van der Waals surface area contributed by atoms with Crippen molar-refractivity contribution < 1.29 is 9.15 Å². The molecular weight excluding hydrogens is 452 g/mol. The number of hydrogen-bond donors (Lipinski definition) is 0. The maximum absolute atomic E-state index is 12.4. The highest BCUT2D eigenvalue weighted by atomic mass is 79.9. The molecule has 0 aliphatic rings. The van der Waals surface area contributed by atoms with Gasteiger partial charge in [-0.1, -0.05) is 34.1 Å². The molecule has 0 fully saturated rings.